The van der Waals surface area contributed by atoms with E-state index in [1.54, 1.807) is 0 Å². The largest absolute Gasteiger partial charge is 0.491 e. The zero-order chi connectivity index (χ0) is 15.1. The van der Waals surface area contributed by atoms with E-state index in [0.29, 0.717) is 19.1 Å². The SMILES string of the molecule is CCN1CCC(CNCC(O)COc2cccc(Br)c2)C1. The number of halogens is 1. The Balaban J connectivity index is 1.58. The van der Waals surface area contributed by atoms with Crippen LogP contribution in [0.1, 0.15) is 13.3 Å². The number of aliphatic hydroxyl groups excluding tert-OH is 1. The summed E-state index contributed by atoms with van der Waals surface area (Å²) in [6.07, 6.45) is 0.776. The molecule has 0 spiro atoms. The van der Waals surface area contributed by atoms with Crippen LogP contribution in [-0.2, 0) is 0 Å². The average Bonchev–Trinajstić information content (AvgIpc) is 2.93. The fraction of sp³-hybridized carbons (Fsp3) is 0.625. The highest BCUT2D eigenvalue weighted by molar-refractivity contribution is 9.10. The Morgan fingerprint density at radius 2 is 2.38 bits per heavy atom. The molecule has 1 heterocycles. The third kappa shape index (κ3) is 5.94. The third-order valence-corrected chi connectivity index (χ3v) is 4.36. The lowest BCUT2D eigenvalue weighted by Gasteiger charge is -2.16. The van der Waals surface area contributed by atoms with Gasteiger partial charge in [-0.1, -0.05) is 28.9 Å². The Bertz CT molecular complexity index is 430. The number of nitrogens with one attached hydrogen (secondary N) is 1. The van der Waals surface area contributed by atoms with E-state index in [0.717, 1.165) is 23.3 Å². The van der Waals surface area contributed by atoms with Gasteiger partial charge < -0.3 is 20.1 Å². The predicted molar refractivity (Wildman–Crippen MR) is 88.7 cm³/mol. The van der Waals surface area contributed by atoms with Gasteiger partial charge in [0, 0.05) is 17.6 Å². The van der Waals surface area contributed by atoms with E-state index < -0.39 is 6.10 Å². The van der Waals surface area contributed by atoms with Crippen LogP contribution in [0, 0.1) is 5.92 Å². The highest BCUT2D eigenvalue weighted by Crippen LogP contribution is 2.18. The highest BCUT2D eigenvalue weighted by atomic mass is 79.9. The summed E-state index contributed by atoms with van der Waals surface area (Å²) in [5.41, 5.74) is 0. The zero-order valence-corrected chi connectivity index (χ0v) is 14.2. The van der Waals surface area contributed by atoms with Gasteiger partial charge in [0.15, 0.2) is 0 Å². The van der Waals surface area contributed by atoms with Crippen molar-refractivity contribution in [2.45, 2.75) is 19.4 Å². The Kier molecular flexibility index (Phi) is 6.96. The van der Waals surface area contributed by atoms with Gasteiger partial charge in [0.1, 0.15) is 18.5 Å². The van der Waals surface area contributed by atoms with E-state index in [1.807, 2.05) is 24.3 Å². The summed E-state index contributed by atoms with van der Waals surface area (Å²) in [5, 5.41) is 13.3. The van der Waals surface area contributed by atoms with Gasteiger partial charge in [0.2, 0.25) is 0 Å². The van der Waals surface area contributed by atoms with Crippen LogP contribution in [0.5, 0.6) is 5.75 Å². The lowest BCUT2D eigenvalue weighted by atomic mass is 10.1. The summed E-state index contributed by atoms with van der Waals surface area (Å²) in [7, 11) is 0. The van der Waals surface area contributed by atoms with E-state index in [9.17, 15) is 5.11 Å². The summed E-state index contributed by atoms with van der Waals surface area (Å²) in [6.45, 7) is 7.60. The third-order valence-electron chi connectivity index (χ3n) is 3.87. The molecule has 1 fully saturated rings. The molecule has 1 saturated heterocycles. The zero-order valence-electron chi connectivity index (χ0n) is 12.6. The molecule has 1 aliphatic rings. The van der Waals surface area contributed by atoms with E-state index in [1.165, 1.54) is 19.5 Å². The van der Waals surface area contributed by atoms with Gasteiger partial charge in [-0.25, -0.2) is 0 Å². The average molecular weight is 357 g/mol. The number of ether oxygens (including phenoxy) is 1. The maximum absolute atomic E-state index is 9.94. The fourth-order valence-electron chi connectivity index (χ4n) is 2.63. The predicted octanol–water partition coefficient (Wildman–Crippen LogP) is 2.12. The minimum atomic E-state index is -0.479. The van der Waals surface area contributed by atoms with Gasteiger partial charge >= 0.3 is 0 Å². The molecule has 21 heavy (non-hydrogen) atoms. The molecule has 2 N–H and O–H groups in total. The van der Waals surface area contributed by atoms with Crippen LogP contribution in [0.3, 0.4) is 0 Å². The van der Waals surface area contributed by atoms with E-state index in [2.05, 4.69) is 33.1 Å². The number of rotatable bonds is 8. The minimum Gasteiger partial charge on any atom is -0.491 e. The lowest BCUT2D eigenvalue weighted by Crippen LogP contribution is -2.35. The first-order valence-electron chi connectivity index (χ1n) is 7.67. The van der Waals surface area contributed by atoms with Crippen molar-refractivity contribution in [3.05, 3.63) is 28.7 Å². The smallest absolute Gasteiger partial charge is 0.120 e. The molecule has 1 aliphatic heterocycles. The minimum absolute atomic E-state index is 0.315. The normalized spacial score (nSPS) is 20.6. The summed E-state index contributed by atoms with van der Waals surface area (Å²) in [5.74, 6) is 1.49. The van der Waals surface area contributed by atoms with Crippen molar-refractivity contribution in [2.75, 3.05) is 39.3 Å². The first-order chi connectivity index (χ1) is 10.2. The number of benzene rings is 1. The van der Waals surface area contributed by atoms with Crippen LogP contribution in [0.4, 0.5) is 0 Å². The Hall–Kier alpha value is -0.620. The Morgan fingerprint density at radius 1 is 1.52 bits per heavy atom. The lowest BCUT2D eigenvalue weighted by molar-refractivity contribution is 0.105. The molecule has 0 saturated carbocycles. The van der Waals surface area contributed by atoms with Gasteiger partial charge in [-0.3, -0.25) is 0 Å². The molecular weight excluding hydrogens is 332 g/mol. The maximum Gasteiger partial charge on any atom is 0.120 e. The standard InChI is InChI=1S/C16H25BrN2O2/c1-2-19-7-6-13(11-19)9-18-10-15(20)12-21-16-5-3-4-14(17)8-16/h3-5,8,13,15,18,20H,2,6-7,9-12H2,1H3. The monoisotopic (exact) mass is 356 g/mol. The first kappa shape index (κ1) is 16.7. The Labute approximate surface area is 135 Å². The number of nitrogens with zero attached hydrogens (tertiary/aromatic N) is 1. The number of likely N-dealkylation sites (tertiary alicyclic amines) is 1. The molecule has 1 aromatic rings. The Morgan fingerprint density at radius 3 is 3.10 bits per heavy atom. The quantitative estimate of drug-likeness (QED) is 0.748. The van der Waals surface area contributed by atoms with Crippen molar-refractivity contribution in [3.63, 3.8) is 0 Å². The van der Waals surface area contributed by atoms with Gasteiger partial charge in [-0.05, 0) is 50.2 Å². The molecule has 0 aliphatic carbocycles. The highest BCUT2D eigenvalue weighted by Gasteiger charge is 2.20. The van der Waals surface area contributed by atoms with Crippen molar-refractivity contribution in [2.24, 2.45) is 5.92 Å². The van der Waals surface area contributed by atoms with Gasteiger partial charge in [0.05, 0.1) is 0 Å². The van der Waals surface area contributed by atoms with Crippen LogP contribution in [-0.4, -0.2) is 55.4 Å². The molecule has 118 valence electrons. The second-order valence-electron chi connectivity index (χ2n) is 5.63. The van der Waals surface area contributed by atoms with Gasteiger partial charge in [0.25, 0.3) is 0 Å². The molecule has 0 bridgehead atoms. The van der Waals surface area contributed by atoms with Crippen molar-refractivity contribution < 1.29 is 9.84 Å². The summed E-state index contributed by atoms with van der Waals surface area (Å²) in [6, 6.07) is 7.66. The molecule has 0 aromatic heterocycles. The molecule has 2 atom stereocenters. The number of hydrogen-bond acceptors (Lipinski definition) is 4. The van der Waals surface area contributed by atoms with Crippen LogP contribution in [0.15, 0.2) is 28.7 Å². The molecule has 2 unspecified atom stereocenters. The molecule has 4 nitrogen and oxygen atoms in total. The van der Waals surface area contributed by atoms with E-state index >= 15 is 0 Å². The van der Waals surface area contributed by atoms with Crippen LogP contribution < -0.4 is 10.1 Å². The molecule has 5 heteroatoms. The van der Waals surface area contributed by atoms with Crippen molar-refractivity contribution in [1.82, 2.24) is 10.2 Å². The molecule has 0 amide bonds. The maximum atomic E-state index is 9.94. The second kappa shape index (κ2) is 8.73. The number of hydrogen-bond donors (Lipinski definition) is 2. The topological polar surface area (TPSA) is 44.7 Å². The van der Waals surface area contributed by atoms with Gasteiger partial charge in [-0.2, -0.15) is 0 Å². The molecule has 0 radical (unpaired) electrons. The van der Waals surface area contributed by atoms with Gasteiger partial charge in [-0.15, -0.1) is 0 Å². The first-order valence-corrected chi connectivity index (χ1v) is 8.46. The van der Waals surface area contributed by atoms with Crippen molar-refractivity contribution in [1.29, 1.82) is 0 Å². The molecular formula is C16H25BrN2O2. The van der Waals surface area contributed by atoms with E-state index in [4.69, 9.17) is 4.74 Å². The summed E-state index contributed by atoms with van der Waals surface area (Å²) in [4.78, 5) is 2.47. The molecule has 2 rings (SSSR count). The fourth-order valence-corrected chi connectivity index (χ4v) is 3.01. The van der Waals surface area contributed by atoms with Crippen LogP contribution in [0.25, 0.3) is 0 Å². The van der Waals surface area contributed by atoms with Crippen LogP contribution in [0.2, 0.25) is 0 Å². The summed E-state index contributed by atoms with van der Waals surface area (Å²) < 4.78 is 6.56. The van der Waals surface area contributed by atoms with Crippen molar-refractivity contribution >= 4 is 15.9 Å². The van der Waals surface area contributed by atoms with E-state index in [-0.39, 0.29) is 0 Å². The molecule has 1 aromatic carbocycles. The number of aliphatic hydroxyl groups is 1. The summed E-state index contributed by atoms with van der Waals surface area (Å²) >= 11 is 3.40. The van der Waals surface area contributed by atoms with Crippen molar-refractivity contribution in [3.8, 4) is 5.75 Å². The second-order valence-corrected chi connectivity index (χ2v) is 6.54. The van der Waals surface area contributed by atoms with Crippen LogP contribution >= 0.6 is 15.9 Å².